The lowest BCUT2D eigenvalue weighted by atomic mass is 10.0. The quantitative estimate of drug-likeness (QED) is 0.849. The summed E-state index contributed by atoms with van der Waals surface area (Å²) in [5.74, 6) is 1.56. The average molecular weight is 307 g/mol. The Labute approximate surface area is 130 Å². The van der Waals surface area contributed by atoms with Crippen molar-refractivity contribution < 1.29 is 4.79 Å². The van der Waals surface area contributed by atoms with E-state index in [9.17, 15) is 4.79 Å². The van der Waals surface area contributed by atoms with Gasteiger partial charge in [0.05, 0.1) is 5.01 Å². The summed E-state index contributed by atoms with van der Waals surface area (Å²) in [4.78, 5) is 18.6. The van der Waals surface area contributed by atoms with Crippen molar-refractivity contribution in [3.8, 4) is 0 Å². The number of rotatable bonds is 5. The van der Waals surface area contributed by atoms with Crippen LogP contribution < -0.4 is 5.32 Å². The summed E-state index contributed by atoms with van der Waals surface area (Å²) in [5.41, 5.74) is 1.11. The molecule has 0 spiro atoms. The number of amides is 2. The molecule has 1 aliphatic carbocycles. The minimum atomic E-state index is 0.148. The van der Waals surface area contributed by atoms with Gasteiger partial charge in [-0.05, 0) is 50.9 Å². The molecule has 2 atom stereocenters. The summed E-state index contributed by atoms with van der Waals surface area (Å²) in [7, 11) is 0. The summed E-state index contributed by atoms with van der Waals surface area (Å²) in [5, 5.41) is 6.39. The van der Waals surface area contributed by atoms with E-state index in [1.807, 2.05) is 11.8 Å². The maximum atomic E-state index is 12.1. The molecule has 1 aliphatic heterocycles. The molecule has 1 aromatic rings. The predicted octanol–water partition coefficient (Wildman–Crippen LogP) is 3.22. The van der Waals surface area contributed by atoms with Gasteiger partial charge in [0.1, 0.15) is 0 Å². The lowest BCUT2D eigenvalue weighted by Crippen LogP contribution is -2.39. The van der Waals surface area contributed by atoms with E-state index in [1.165, 1.54) is 24.3 Å². The summed E-state index contributed by atoms with van der Waals surface area (Å²) < 4.78 is 0. The minimum Gasteiger partial charge on any atom is -0.338 e. The van der Waals surface area contributed by atoms with Crippen LogP contribution in [0.25, 0.3) is 0 Å². The van der Waals surface area contributed by atoms with Crippen molar-refractivity contribution in [1.82, 2.24) is 15.2 Å². The fraction of sp³-hybridized carbons (Fsp3) is 0.750. The molecule has 2 amide bonds. The zero-order valence-electron chi connectivity index (χ0n) is 12.8. The molecular weight excluding hydrogens is 282 g/mol. The van der Waals surface area contributed by atoms with Crippen molar-refractivity contribution in [2.45, 2.75) is 45.4 Å². The van der Waals surface area contributed by atoms with E-state index < -0.39 is 0 Å². The number of aromatic nitrogens is 1. The van der Waals surface area contributed by atoms with Gasteiger partial charge in [0.15, 0.2) is 0 Å². The van der Waals surface area contributed by atoms with E-state index in [-0.39, 0.29) is 6.03 Å². The van der Waals surface area contributed by atoms with Gasteiger partial charge in [-0.3, -0.25) is 0 Å². The molecule has 1 saturated carbocycles. The smallest absolute Gasteiger partial charge is 0.317 e. The Hall–Kier alpha value is -1.10. The molecule has 1 saturated heterocycles. The van der Waals surface area contributed by atoms with Gasteiger partial charge in [0.25, 0.3) is 0 Å². The number of likely N-dealkylation sites (tertiary alicyclic amines) is 1. The Bertz CT molecular complexity index is 476. The Balaban J connectivity index is 1.30. The second-order valence-corrected chi connectivity index (χ2v) is 7.37. The number of fused-ring (bicyclic) bond motifs is 1. The third kappa shape index (κ3) is 3.76. The third-order valence-electron chi connectivity index (χ3n) is 4.77. The van der Waals surface area contributed by atoms with E-state index in [4.69, 9.17) is 0 Å². The van der Waals surface area contributed by atoms with Crippen molar-refractivity contribution in [3.63, 3.8) is 0 Å². The van der Waals surface area contributed by atoms with Crippen molar-refractivity contribution in [2.75, 3.05) is 19.6 Å². The van der Waals surface area contributed by atoms with E-state index in [0.717, 1.165) is 56.4 Å². The Kier molecular flexibility index (Phi) is 4.78. The van der Waals surface area contributed by atoms with Crippen LogP contribution in [0.3, 0.4) is 0 Å². The fourth-order valence-corrected chi connectivity index (χ4v) is 4.44. The number of hydrogen-bond acceptors (Lipinski definition) is 3. The second kappa shape index (κ2) is 6.77. The summed E-state index contributed by atoms with van der Waals surface area (Å²) in [6.07, 6.45) is 7.16. The maximum Gasteiger partial charge on any atom is 0.317 e. The monoisotopic (exact) mass is 307 g/mol. The largest absolute Gasteiger partial charge is 0.338 e. The molecule has 1 aromatic heterocycles. The molecule has 2 aliphatic rings. The first-order valence-corrected chi connectivity index (χ1v) is 9.04. The van der Waals surface area contributed by atoms with Crippen LogP contribution in [0, 0.1) is 18.8 Å². The van der Waals surface area contributed by atoms with E-state index in [2.05, 4.69) is 15.7 Å². The normalized spacial score (nSPS) is 24.3. The Morgan fingerprint density at radius 1 is 1.38 bits per heavy atom. The zero-order chi connectivity index (χ0) is 14.7. The van der Waals surface area contributed by atoms with Crippen LogP contribution in [-0.2, 0) is 6.42 Å². The lowest BCUT2D eigenvalue weighted by Gasteiger charge is -2.18. The minimum absolute atomic E-state index is 0.148. The maximum absolute atomic E-state index is 12.1. The fourth-order valence-electron chi connectivity index (χ4n) is 3.63. The number of nitrogens with zero attached hydrogens (tertiary/aromatic N) is 2. The van der Waals surface area contributed by atoms with Crippen LogP contribution >= 0.6 is 11.3 Å². The Morgan fingerprint density at radius 2 is 2.14 bits per heavy atom. The second-order valence-electron chi connectivity index (χ2n) is 6.43. The van der Waals surface area contributed by atoms with Crippen LogP contribution in [0.15, 0.2) is 5.38 Å². The Morgan fingerprint density at radius 3 is 2.81 bits per heavy atom. The van der Waals surface area contributed by atoms with Gasteiger partial charge in [-0.15, -0.1) is 11.3 Å². The highest BCUT2D eigenvalue weighted by atomic mass is 32.1. The van der Waals surface area contributed by atoms with Crippen molar-refractivity contribution >= 4 is 17.4 Å². The molecule has 0 radical (unpaired) electrons. The number of urea groups is 1. The van der Waals surface area contributed by atoms with Crippen molar-refractivity contribution in [2.24, 2.45) is 11.8 Å². The molecule has 21 heavy (non-hydrogen) atoms. The van der Waals surface area contributed by atoms with E-state index >= 15 is 0 Å². The molecule has 4 nitrogen and oxygen atoms in total. The highest BCUT2D eigenvalue weighted by Gasteiger charge is 2.37. The number of carbonyl (C=O) groups is 1. The van der Waals surface area contributed by atoms with Gasteiger partial charge in [-0.25, -0.2) is 9.78 Å². The number of unbranched alkanes of at least 4 members (excludes halogenated alkanes) is 1. The van der Waals surface area contributed by atoms with Gasteiger partial charge < -0.3 is 10.2 Å². The first-order chi connectivity index (χ1) is 10.2. The molecule has 5 heteroatoms. The summed E-state index contributed by atoms with van der Waals surface area (Å²) in [6, 6.07) is 0.148. The summed E-state index contributed by atoms with van der Waals surface area (Å²) >= 11 is 1.74. The van der Waals surface area contributed by atoms with Crippen LogP contribution in [0.2, 0.25) is 0 Å². The lowest BCUT2D eigenvalue weighted by molar-refractivity contribution is 0.205. The van der Waals surface area contributed by atoms with Crippen LogP contribution in [0.5, 0.6) is 0 Å². The van der Waals surface area contributed by atoms with Gasteiger partial charge >= 0.3 is 6.03 Å². The molecule has 0 bridgehead atoms. The highest BCUT2D eigenvalue weighted by molar-refractivity contribution is 7.09. The molecule has 2 heterocycles. The average Bonchev–Trinajstić information content (AvgIpc) is 3.13. The van der Waals surface area contributed by atoms with Crippen molar-refractivity contribution in [1.29, 1.82) is 0 Å². The van der Waals surface area contributed by atoms with Crippen LogP contribution in [0.1, 0.15) is 42.8 Å². The van der Waals surface area contributed by atoms with E-state index in [0.29, 0.717) is 0 Å². The first kappa shape index (κ1) is 14.8. The molecule has 1 N–H and O–H groups in total. The summed E-state index contributed by atoms with van der Waals surface area (Å²) in [6.45, 7) is 4.78. The molecule has 3 rings (SSSR count). The number of carbonyl (C=O) groups excluding carboxylic acids is 1. The molecule has 0 aromatic carbocycles. The third-order valence-corrected chi connectivity index (χ3v) is 5.80. The molecule has 2 unspecified atom stereocenters. The van der Waals surface area contributed by atoms with Gasteiger partial charge in [-0.2, -0.15) is 0 Å². The highest BCUT2D eigenvalue weighted by Crippen LogP contribution is 2.37. The standard InChI is InChI=1S/C16H25N3OS/c1-12-11-21-15(18-12)7-2-3-8-17-16(20)19-9-13-5-4-6-14(13)10-19/h11,13-14H,2-10H2,1H3,(H,17,20). The van der Waals surface area contributed by atoms with Crippen molar-refractivity contribution in [3.05, 3.63) is 16.1 Å². The zero-order valence-corrected chi connectivity index (χ0v) is 13.6. The van der Waals surface area contributed by atoms with Crippen LogP contribution in [0.4, 0.5) is 4.79 Å². The van der Waals surface area contributed by atoms with Gasteiger partial charge in [-0.1, -0.05) is 6.42 Å². The topological polar surface area (TPSA) is 45.2 Å². The van der Waals surface area contributed by atoms with Gasteiger partial charge in [0.2, 0.25) is 0 Å². The van der Waals surface area contributed by atoms with Crippen LogP contribution in [-0.4, -0.2) is 35.5 Å². The number of aryl methyl sites for hydroxylation is 2. The predicted molar refractivity (Wildman–Crippen MR) is 85.6 cm³/mol. The molecule has 2 fully saturated rings. The SMILES string of the molecule is Cc1csc(CCCCNC(=O)N2CC3CCCC3C2)n1. The number of thiazole rings is 1. The van der Waals surface area contributed by atoms with E-state index in [1.54, 1.807) is 11.3 Å². The van der Waals surface area contributed by atoms with Gasteiger partial charge in [0, 0.05) is 30.7 Å². The number of nitrogens with one attached hydrogen (secondary N) is 1. The molecular formula is C16H25N3OS. The molecule has 116 valence electrons. The first-order valence-electron chi connectivity index (χ1n) is 8.16. The number of hydrogen-bond donors (Lipinski definition) is 1.